The van der Waals surface area contributed by atoms with E-state index in [0.717, 1.165) is 18.9 Å². The van der Waals surface area contributed by atoms with Crippen LogP contribution in [-0.2, 0) is 4.74 Å². The molecule has 6 heteroatoms. The molecule has 1 atom stereocenters. The lowest BCUT2D eigenvalue weighted by molar-refractivity contribution is 0.0198. The largest absolute Gasteiger partial charge is 0.478 e. The number of carbonyl (C=O) groups excluding carboxylic acids is 1. The molecule has 1 heterocycles. The summed E-state index contributed by atoms with van der Waals surface area (Å²) in [5.41, 5.74) is 0.371. The highest BCUT2D eigenvalue weighted by molar-refractivity contribution is 5.89. The molecule has 1 aliphatic rings. The number of amides is 1. The zero-order valence-corrected chi connectivity index (χ0v) is 14.6. The van der Waals surface area contributed by atoms with Crippen LogP contribution in [0.3, 0.4) is 0 Å². The first-order valence-electron chi connectivity index (χ1n) is 8.10. The minimum atomic E-state index is -1.15. The first kappa shape index (κ1) is 18.2. The van der Waals surface area contributed by atoms with Gasteiger partial charge in [0.1, 0.15) is 11.4 Å². The Bertz CT molecular complexity index is 651. The van der Waals surface area contributed by atoms with Crippen LogP contribution in [0.25, 0.3) is 0 Å². The van der Waals surface area contributed by atoms with Gasteiger partial charge >= 0.3 is 12.1 Å². The number of ether oxygens (including phenoxy) is 1. The maximum atomic E-state index is 13.7. The maximum absolute atomic E-state index is 13.7. The van der Waals surface area contributed by atoms with E-state index in [2.05, 4.69) is 0 Å². The normalized spacial score (nSPS) is 18.4. The number of nitrogens with zero attached hydrogens (tertiary/aromatic N) is 1. The second kappa shape index (κ2) is 6.79. The number of carbonyl (C=O) groups is 2. The van der Waals surface area contributed by atoms with Crippen molar-refractivity contribution in [2.75, 3.05) is 13.1 Å². The number of carboxylic acids is 1. The van der Waals surface area contributed by atoms with Crippen LogP contribution in [-0.4, -0.2) is 40.8 Å². The van der Waals surface area contributed by atoms with Crippen molar-refractivity contribution in [3.63, 3.8) is 0 Å². The van der Waals surface area contributed by atoms with E-state index in [1.807, 2.05) is 0 Å². The van der Waals surface area contributed by atoms with Gasteiger partial charge in [-0.05, 0) is 57.7 Å². The van der Waals surface area contributed by atoms with Crippen LogP contribution in [0.4, 0.5) is 9.18 Å². The number of rotatable bonds is 2. The topological polar surface area (TPSA) is 66.8 Å². The van der Waals surface area contributed by atoms with Crippen LogP contribution < -0.4 is 0 Å². The standard InChI is InChI=1S/C18H24FNO4/c1-11-8-13(14(16(21)22)9-15(11)19)12-6-5-7-20(10-12)17(23)24-18(2,3)4/h8-9,12H,5-7,10H2,1-4H3,(H,21,22). The number of piperidine rings is 1. The fraction of sp³-hybridized carbons (Fsp3) is 0.556. The molecule has 1 N–H and O–H groups in total. The van der Waals surface area contributed by atoms with Gasteiger partial charge in [0.25, 0.3) is 0 Å². The predicted octanol–water partition coefficient (Wildman–Crippen LogP) is 3.95. The third-order valence-electron chi connectivity index (χ3n) is 4.07. The summed E-state index contributed by atoms with van der Waals surface area (Å²) in [7, 11) is 0. The molecule has 5 nitrogen and oxygen atoms in total. The maximum Gasteiger partial charge on any atom is 0.410 e. The molecule has 0 bridgehead atoms. The molecule has 0 spiro atoms. The van der Waals surface area contributed by atoms with E-state index < -0.39 is 23.5 Å². The summed E-state index contributed by atoms with van der Waals surface area (Å²) in [5.74, 6) is -1.83. The van der Waals surface area contributed by atoms with E-state index >= 15 is 0 Å². The molecule has 1 amide bonds. The molecule has 24 heavy (non-hydrogen) atoms. The van der Waals surface area contributed by atoms with Crippen molar-refractivity contribution in [1.82, 2.24) is 4.90 Å². The lowest BCUT2D eigenvalue weighted by atomic mass is 9.86. The summed E-state index contributed by atoms with van der Waals surface area (Å²) >= 11 is 0. The number of halogens is 1. The third-order valence-corrected chi connectivity index (χ3v) is 4.07. The Kier molecular flexibility index (Phi) is 5.16. The molecule has 1 fully saturated rings. The van der Waals surface area contributed by atoms with Crippen molar-refractivity contribution in [2.24, 2.45) is 0 Å². The van der Waals surface area contributed by atoms with Crippen LogP contribution in [0.15, 0.2) is 12.1 Å². The Morgan fingerprint density at radius 3 is 2.58 bits per heavy atom. The second-order valence-corrected chi connectivity index (χ2v) is 7.26. The fourth-order valence-electron chi connectivity index (χ4n) is 2.95. The van der Waals surface area contributed by atoms with Gasteiger partial charge in [-0.1, -0.05) is 6.07 Å². The van der Waals surface area contributed by atoms with Crippen LogP contribution in [0.5, 0.6) is 0 Å². The van der Waals surface area contributed by atoms with Crippen molar-refractivity contribution in [3.8, 4) is 0 Å². The van der Waals surface area contributed by atoms with Gasteiger partial charge in [0, 0.05) is 19.0 Å². The Morgan fingerprint density at radius 1 is 1.33 bits per heavy atom. The van der Waals surface area contributed by atoms with E-state index in [0.29, 0.717) is 24.2 Å². The van der Waals surface area contributed by atoms with Crippen molar-refractivity contribution in [1.29, 1.82) is 0 Å². The van der Waals surface area contributed by atoms with Gasteiger partial charge in [-0.25, -0.2) is 14.0 Å². The summed E-state index contributed by atoms with van der Waals surface area (Å²) < 4.78 is 19.1. The van der Waals surface area contributed by atoms with Gasteiger partial charge in [-0.3, -0.25) is 0 Å². The summed E-state index contributed by atoms with van der Waals surface area (Å²) in [5, 5.41) is 9.37. The average Bonchev–Trinajstić information content (AvgIpc) is 2.47. The van der Waals surface area contributed by atoms with Gasteiger partial charge in [-0.15, -0.1) is 0 Å². The van der Waals surface area contributed by atoms with E-state index in [9.17, 15) is 19.1 Å². The quantitative estimate of drug-likeness (QED) is 0.887. The minimum absolute atomic E-state index is 0.0332. The zero-order valence-electron chi connectivity index (χ0n) is 14.6. The van der Waals surface area contributed by atoms with Gasteiger partial charge in [0.15, 0.2) is 0 Å². The smallest absolute Gasteiger partial charge is 0.410 e. The molecular weight excluding hydrogens is 313 g/mol. The molecule has 1 aliphatic heterocycles. The zero-order chi connectivity index (χ0) is 18.1. The number of likely N-dealkylation sites (tertiary alicyclic amines) is 1. The molecule has 1 aromatic rings. The third kappa shape index (κ3) is 4.24. The number of hydrogen-bond donors (Lipinski definition) is 1. The number of carboxylic acid groups (broad SMARTS) is 1. The summed E-state index contributed by atoms with van der Waals surface area (Å²) in [6.07, 6.45) is 1.10. The summed E-state index contributed by atoms with van der Waals surface area (Å²) in [4.78, 5) is 25.3. The number of benzene rings is 1. The number of hydrogen-bond acceptors (Lipinski definition) is 3. The Hall–Kier alpha value is -2.11. The highest BCUT2D eigenvalue weighted by Gasteiger charge is 2.30. The number of aryl methyl sites for hydroxylation is 1. The Balaban J connectivity index is 2.25. The van der Waals surface area contributed by atoms with E-state index in [4.69, 9.17) is 4.74 Å². The monoisotopic (exact) mass is 337 g/mol. The molecule has 132 valence electrons. The molecule has 1 saturated heterocycles. The Morgan fingerprint density at radius 2 is 2.00 bits per heavy atom. The highest BCUT2D eigenvalue weighted by Crippen LogP contribution is 2.31. The van der Waals surface area contributed by atoms with Crippen molar-refractivity contribution >= 4 is 12.1 Å². The van der Waals surface area contributed by atoms with Crippen LogP contribution in [0.2, 0.25) is 0 Å². The molecule has 2 rings (SSSR count). The molecular formula is C18H24FNO4. The molecule has 1 unspecified atom stereocenters. The van der Waals surface area contributed by atoms with E-state index in [1.54, 1.807) is 38.7 Å². The fourth-order valence-corrected chi connectivity index (χ4v) is 2.95. The van der Waals surface area contributed by atoms with E-state index in [1.165, 1.54) is 0 Å². The summed E-state index contributed by atoms with van der Waals surface area (Å²) in [6, 6.07) is 2.65. The molecule has 0 radical (unpaired) electrons. The summed E-state index contributed by atoms with van der Waals surface area (Å²) in [6.45, 7) is 7.97. The molecule has 1 aromatic carbocycles. The van der Waals surface area contributed by atoms with Crippen LogP contribution in [0.1, 0.15) is 61.0 Å². The Labute approximate surface area is 141 Å². The highest BCUT2D eigenvalue weighted by atomic mass is 19.1. The number of aromatic carboxylic acids is 1. The first-order valence-corrected chi connectivity index (χ1v) is 8.10. The van der Waals surface area contributed by atoms with Gasteiger partial charge in [0.2, 0.25) is 0 Å². The SMILES string of the molecule is Cc1cc(C2CCCN(C(=O)OC(C)(C)C)C2)c(C(=O)O)cc1F. The van der Waals surface area contributed by atoms with Gasteiger partial charge in [0.05, 0.1) is 5.56 Å². The van der Waals surface area contributed by atoms with Crippen molar-refractivity contribution in [3.05, 3.63) is 34.6 Å². The molecule has 0 saturated carbocycles. The second-order valence-electron chi connectivity index (χ2n) is 7.26. The van der Waals surface area contributed by atoms with Gasteiger partial charge in [-0.2, -0.15) is 0 Å². The lowest BCUT2D eigenvalue weighted by Gasteiger charge is -2.34. The van der Waals surface area contributed by atoms with Crippen LogP contribution >= 0.6 is 0 Å². The van der Waals surface area contributed by atoms with Gasteiger partial charge < -0.3 is 14.7 Å². The molecule has 0 aromatic heterocycles. The van der Waals surface area contributed by atoms with E-state index in [-0.39, 0.29) is 11.5 Å². The minimum Gasteiger partial charge on any atom is -0.478 e. The van der Waals surface area contributed by atoms with Crippen LogP contribution in [0, 0.1) is 12.7 Å². The average molecular weight is 337 g/mol. The predicted molar refractivity (Wildman–Crippen MR) is 87.9 cm³/mol. The lowest BCUT2D eigenvalue weighted by Crippen LogP contribution is -2.42. The van der Waals surface area contributed by atoms with Crippen molar-refractivity contribution in [2.45, 2.75) is 52.1 Å². The van der Waals surface area contributed by atoms with Crippen molar-refractivity contribution < 1.29 is 23.8 Å². The molecule has 0 aliphatic carbocycles. The first-order chi connectivity index (χ1) is 11.1.